The Labute approximate surface area is 176 Å². The van der Waals surface area contributed by atoms with Gasteiger partial charge >= 0.3 is 0 Å². The summed E-state index contributed by atoms with van der Waals surface area (Å²) < 4.78 is 6.43. The number of hydrogen-bond donors (Lipinski definition) is 1. The van der Waals surface area contributed by atoms with E-state index >= 15 is 0 Å². The topological polar surface area (TPSA) is 71.3 Å². The zero-order valence-electron chi connectivity index (χ0n) is 15.5. The highest BCUT2D eigenvalue weighted by Crippen LogP contribution is 2.25. The van der Waals surface area contributed by atoms with E-state index in [-0.39, 0.29) is 11.8 Å². The van der Waals surface area contributed by atoms with E-state index in [1.807, 2.05) is 42.6 Å². The van der Waals surface area contributed by atoms with Gasteiger partial charge in [0.1, 0.15) is 0 Å². The number of nitrogens with zero attached hydrogens (tertiary/aromatic N) is 3. The zero-order chi connectivity index (χ0) is 19.5. The van der Waals surface area contributed by atoms with Gasteiger partial charge in [-0.3, -0.25) is 9.69 Å². The molecular formula is C20H21BrN4O2S. The number of carbonyl (C=O) groups excluding carboxylic acids is 1. The highest BCUT2D eigenvalue weighted by atomic mass is 79.9. The summed E-state index contributed by atoms with van der Waals surface area (Å²) in [7, 11) is 0. The second-order valence-corrected chi connectivity index (χ2v) is 8.79. The average molecular weight is 461 g/mol. The van der Waals surface area contributed by atoms with E-state index in [4.69, 9.17) is 4.52 Å². The molecular weight excluding hydrogens is 440 g/mol. The summed E-state index contributed by atoms with van der Waals surface area (Å²) in [6, 6.07) is 9.82. The van der Waals surface area contributed by atoms with Crippen LogP contribution >= 0.6 is 27.3 Å². The smallest absolute Gasteiger partial charge is 0.241 e. The quantitative estimate of drug-likeness (QED) is 0.596. The molecule has 0 spiro atoms. The van der Waals surface area contributed by atoms with E-state index in [0.29, 0.717) is 18.3 Å². The van der Waals surface area contributed by atoms with E-state index in [0.717, 1.165) is 46.5 Å². The molecule has 1 N–H and O–H groups in total. The van der Waals surface area contributed by atoms with Gasteiger partial charge in [0.05, 0.1) is 11.4 Å². The molecule has 8 heteroatoms. The highest BCUT2D eigenvalue weighted by molar-refractivity contribution is 9.10. The molecule has 1 amide bonds. The van der Waals surface area contributed by atoms with Gasteiger partial charge in [-0.05, 0) is 68.1 Å². The molecule has 1 aromatic carbocycles. The summed E-state index contributed by atoms with van der Waals surface area (Å²) in [6.45, 7) is 4.32. The van der Waals surface area contributed by atoms with Crippen LogP contribution in [-0.2, 0) is 11.3 Å². The van der Waals surface area contributed by atoms with Crippen molar-refractivity contribution in [3.05, 3.63) is 51.6 Å². The van der Waals surface area contributed by atoms with Crippen molar-refractivity contribution in [3.8, 4) is 10.7 Å². The minimum Gasteiger partial charge on any atom is -0.338 e. The number of piperidine rings is 1. The van der Waals surface area contributed by atoms with Crippen LogP contribution in [0.1, 0.15) is 24.3 Å². The number of hydrogen-bond acceptors (Lipinski definition) is 6. The van der Waals surface area contributed by atoms with Gasteiger partial charge in [0.2, 0.25) is 17.6 Å². The number of anilines is 1. The lowest BCUT2D eigenvalue weighted by molar-refractivity contribution is -0.121. The minimum atomic E-state index is 0.0320. The summed E-state index contributed by atoms with van der Waals surface area (Å²) in [6.07, 6.45) is 1.65. The average Bonchev–Trinajstić information content (AvgIpc) is 3.37. The molecule has 0 radical (unpaired) electrons. The second-order valence-electron chi connectivity index (χ2n) is 6.99. The molecule has 0 saturated carbocycles. The van der Waals surface area contributed by atoms with E-state index < -0.39 is 0 Å². The summed E-state index contributed by atoms with van der Waals surface area (Å²) in [5.41, 5.74) is 1.95. The van der Waals surface area contributed by atoms with Crippen molar-refractivity contribution < 1.29 is 9.32 Å². The molecule has 1 saturated heterocycles. The predicted octanol–water partition coefficient (Wildman–Crippen LogP) is 4.72. The Kier molecular flexibility index (Phi) is 5.89. The van der Waals surface area contributed by atoms with E-state index in [2.05, 4.69) is 36.3 Å². The highest BCUT2D eigenvalue weighted by Gasteiger charge is 2.26. The van der Waals surface area contributed by atoms with Crippen LogP contribution in [0.5, 0.6) is 0 Å². The molecule has 3 aromatic rings. The fourth-order valence-corrected chi connectivity index (χ4v) is 4.23. The molecule has 6 nitrogen and oxygen atoms in total. The molecule has 4 rings (SSSR count). The molecule has 1 aliphatic heterocycles. The van der Waals surface area contributed by atoms with Crippen LogP contribution in [0.2, 0.25) is 0 Å². The van der Waals surface area contributed by atoms with Crippen molar-refractivity contribution in [1.29, 1.82) is 0 Å². The number of amides is 1. The fraction of sp³-hybridized carbons (Fsp3) is 0.350. The molecule has 2 aromatic heterocycles. The Morgan fingerprint density at radius 3 is 2.89 bits per heavy atom. The summed E-state index contributed by atoms with van der Waals surface area (Å²) in [5.74, 6) is 1.39. The molecule has 0 atom stereocenters. The monoisotopic (exact) mass is 460 g/mol. The van der Waals surface area contributed by atoms with Crippen LogP contribution in [-0.4, -0.2) is 34.0 Å². The number of thiophene rings is 1. The van der Waals surface area contributed by atoms with Gasteiger partial charge in [-0.15, -0.1) is 11.3 Å². The first kappa shape index (κ1) is 19.3. The molecule has 3 heterocycles. The number of rotatable bonds is 5. The summed E-state index contributed by atoms with van der Waals surface area (Å²) >= 11 is 5.08. The van der Waals surface area contributed by atoms with Crippen LogP contribution < -0.4 is 5.32 Å². The Hall–Kier alpha value is -2.03. The molecule has 146 valence electrons. The maximum Gasteiger partial charge on any atom is 0.241 e. The van der Waals surface area contributed by atoms with Crippen LogP contribution in [0, 0.1) is 12.8 Å². The lowest BCUT2D eigenvalue weighted by Gasteiger charge is -2.30. The number of benzene rings is 1. The standard InChI is InChI=1S/C20H21BrN4O2S/c1-13-11-15(4-5-16(13)21)22-20(26)14-6-8-25(9-7-14)12-18-23-19(24-27-18)17-3-2-10-28-17/h2-5,10-11,14H,6-9,12H2,1H3,(H,22,26). The molecule has 0 unspecified atom stereocenters. The number of nitrogens with one attached hydrogen (secondary N) is 1. The van der Waals surface area contributed by atoms with Crippen molar-refractivity contribution in [2.24, 2.45) is 5.92 Å². The first-order chi connectivity index (χ1) is 13.6. The van der Waals surface area contributed by atoms with Crippen LogP contribution in [0.15, 0.2) is 44.7 Å². The number of aryl methyl sites for hydroxylation is 1. The number of likely N-dealkylation sites (tertiary alicyclic amines) is 1. The zero-order valence-corrected chi connectivity index (χ0v) is 17.9. The largest absolute Gasteiger partial charge is 0.338 e. The van der Waals surface area contributed by atoms with Gasteiger partial charge in [-0.25, -0.2) is 0 Å². The third-order valence-electron chi connectivity index (χ3n) is 4.95. The minimum absolute atomic E-state index is 0.0320. The van der Waals surface area contributed by atoms with Gasteiger partial charge in [0.15, 0.2) is 0 Å². The molecule has 28 heavy (non-hydrogen) atoms. The molecule has 0 bridgehead atoms. The lowest BCUT2D eigenvalue weighted by atomic mass is 9.96. The Balaban J connectivity index is 1.28. The van der Waals surface area contributed by atoms with Crippen molar-refractivity contribution in [1.82, 2.24) is 15.0 Å². The van der Waals surface area contributed by atoms with Gasteiger partial charge in [0.25, 0.3) is 0 Å². The number of halogens is 1. The summed E-state index contributed by atoms with van der Waals surface area (Å²) in [4.78, 5) is 20.3. The van der Waals surface area contributed by atoms with Crippen molar-refractivity contribution in [2.75, 3.05) is 18.4 Å². The van der Waals surface area contributed by atoms with Crippen molar-refractivity contribution >= 4 is 38.9 Å². The summed E-state index contributed by atoms with van der Waals surface area (Å²) in [5, 5.41) is 9.10. The molecule has 1 aliphatic rings. The normalized spacial score (nSPS) is 15.6. The number of carbonyl (C=O) groups is 1. The van der Waals surface area contributed by atoms with E-state index in [1.165, 1.54) is 0 Å². The molecule has 0 aliphatic carbocycles. The predicted molar refractivity (Wildman–Crippen MR) is 113 cm³/mol. The Morgan fingerprint density at radius 2 is 2.18 bits per heavy atom. The maximum absolute atomic E-state index is 12.6. The number of aromatic nitrogens is 2. The van der Waals surface area contributed by atoms with Crippen molar-refractivity contribution in [3.63, 3.8) is 0 Å². The van der Waals surface area contributed by atoms with E-state index in [1.54, 1.807) is 11.3 Å². The van der Waals surface area contributed by atoms with Crippen molar-refractivity contribution in [2.45, 2.75) is 26.3 Å². The van der Waals surface area contributed by atoms with Crippen LogP contribution in [0.4, 0.5) is 5.69 Å². The molecule has 1 fully saturated rings. The third-order valence-corrected chi connectivity index (χ3v) is 6.71. The van der Waals surface area contributed by atoms with Gasteiger partial charge in [-0.2, -0.15) is 4.98 Å². The SMILES string of the molecule is Cc1cc(NC(=O)C2CCN(Cc3nc(-c4cccs4)no3)CC2)ccc1Br. The lowest BCUT2D eigenvalue weighted by Crippen LogP contribution is -2.37. The van der Waals surface area contributed by atoms with Gasteiger partial charge < -0.3 is 9.84 Å². The third kappa shape index (κ3) is 4.51. The van der Waals surface area contributed by atoms with Crippen LogP contribution in [0.25, 0.3) is 10.7 Å². The van der Waals surface area contributed by atoms with Crippen LogP contribution in [0.3, 0.4) is 0 Å². The fourth-order valence-electron chi connectivity index (χ4n) is 3.34. The Bertz CT molecular complexity index is 949. The van der Waals surface area contributed by atoms with E-state index in [9.17, 15) is 4.79 Å². The second kappa shape index (κ2) is 8.55. The first-order valence-corrected chi connectivity index (χ1v) is 10.9. The first-order valence-electron chi connectivity index (χ1n) is 9.24. The Morgan fingerprint density at radius 1 is 1.36 bits per heavy atom. The maximum atomic E-state index is 12.6. The van der Waals surface area contributed by atoms with Gasteiger partial charge in [-0.1, -0.05) is 27.2 Å². The van der Waals surface area contributed by atoms with Gasteiger partial charge in [0, 0.05) is 16.1 Å².